The van der Waals surface area contributed by atoms with Gasteiger partial charge in [-0.3, -0.25) is 4.79 Å². The van der Waals surface area contributed by atoms with Gasteiger partial charge in [-0.15, -0.1) is 0 Å². The molecular weight excluding hydrogens is 300 g/mol. The van der Waals surface area contributed by atoms with Crippen LogP contribution >= 0.6 is 0 Å². The number of nitrogens with zero attached hydrogens (tertiary/aromatic N) is 1. The van der Waals surface area contributed by atoms with Crippen LogP contribution < -0.4 is 10.1 Å². The first-order valence-electron chi connectivity index (χ1n) is 7.94. The summed E-state index contributed by atoms with van der Waals surface area (Å²) in [4.78, 5) is 11.9. The number of rotatable bonds is 6. The third-order valence-electron chi connectivity index (χ3n) is 3.72. The molecule has 0 unspecified atom stereocenters. The maximum Gasteiger partial charge on any atom is 0.262 e. The summed E-state index contributed by atoms with van der Waals surface area (Å²) in [5.41, 5.74) is 2.02. The van der Waals surface area contributed by atoms with E-state index in [4.69, 9.17) is 10.00 Å². The quantitative estimate of drug-likeness (QED) is 0.655. The maximum atomic E-state index is 11.9. The van der Waals surface area contributed by atoms with Crippen LogP contribution in [0.2, 0.25) is 0 Å². The van der Waals surface area contributed by atoms with E-state index < -0.39 is 0 Å². The van der Waals surface area contributed by atoms with Crippen LogP contribution in [0, 0.1) is 11.3 Å². The lowest BCUT2D eigenvalue weighted by Gasteiger charge is -2.06. The van der Waals surface area contributed by atoms with Crippen molar-refractivity contribution < 1.29 is 9.53 Å². The van der Waals surface area contributed by atoms with E-state index in [9.17, 15) is 4.79 Å². The van der Waals surface area contributed by atoms with Gasteiger partial charge in [0.15, 0.2) is 0 Å². The van der Waals surface area contributed by atoms with Gasteiger partial charge in [0.2, 0.25) is 0 Å². The van der Waals surface area contributed by atoms with Gasteiger partial charge >= 0.3 is 0 Å². The van der Waals surface area contributed by atoms with Crippen LogP contribution in [-0.2, 0) is 11.4 Å². The number of carbonyl (C=O) groups is 1. The van der Waals surface area contributed by atoms with E-state index in [2.05, 4.69) is 5.32 Å². The molecule has 2 aromatic carbocycles. The van der Waals surface area contributed by atoms with Crippen molar-refractivity contribution in [3.8, 4) is 11.8 Å². The molecule has 0 bridgehead atoms. The lowest BCUT2D eigenvalue weighted by Crippen LogP contribution is -2.26. The predicted molar refractivity (Wildman–Crippen MR) is 92.0 cm³/mol. The molecule has 1 aliphatic carbocycles. The highest BCUT2D eigenvalue weighted by molar-refractivity contribution is 6.01. The second-order valence-electron chi connectivity index (χ2n) is 5.76. The Labute approximate surface area is 141 Å². The molecule has 0 atom stereocenters. The third kappa shape index (κ3) is 4.47. The Bertz CT molecular complexity index is 770. The zero-order chi connectivity index (χ0) is 16.8. The van der Waals surface area contributed by atoms with Crippen molar-refractivity contribution in [1.82, 2.24) is 5.32 Å². The standard InChI is InChI=1S/C20H18N2O2/c21-13-17(20(23)22-18-8-9-18)12-15-6-10-19(11-7-15)24-14-16-4-2-1-3-5-16/h1-7,10-12,18H,8-9,14H2,(H,22,23)/b17-12+. The molecule has 0 radical (unpaired) electrons. The zero-order valence-electron chi connectivity index (χ0n) is 13.2. The van der Waals surface area contributed by atoms with Gasteiger partial charge in [0.25, 0.3) is 5.91 Å². The molecule has 4 nitrogen and oxygen atoms in total. The molecule has 4 heteroatoms. The fourth-order valence-electron chi connectivity index (χ4n) is 2.21. The fraction of sp³-hybridized carbons (Fsp3) is 0.200. The minimum atomic E-state index is -0.301. The zero-order valence-corrected chi connectivity index (χ0v) is 13.2. The summed E-state index contributed by atoms with van der Waals surface area (Å²) < 4.78 is 5.72. The monoisotopic (exact) mass is 318 g/mol. The Balaban J connectivity index is 1.61. The minimum absolute atomic E-state index is 0.125. The average Bonchev–Trinajstić information content (AvgIpc) is 3.43. The number of ether oxygens (including phenoxy) is 1. The van der Waals surface area contributed by atoms with Crippen molar-refractivity contribution in [3.63, 3.8) is 0 Å². The molecule has 3 rings (SSSR count). The first-order valence-corrected chi connectivity index (χ1v) is 7.94. The highest BCUT2D eigenvalue weighted by Gasteiger charge is 2.24. The number of hydrogen-bond donors (Lipinski definition) is 1. The highest BCUT2D eigenvalue weighted by atomic mass is 16.5. The van der Waals surface area contributed by atoms with Gasteiger partial charge in [0.1, 0.15) is 24.0 Å². The SMILES string of the molecule is N#C/C(=C\c1ccc(OCc2ccccc2)cc1)C(=O)NC1CC1. The number of hydrogen-bond acceptors (Lipinski definition) is 3. The summed E-state index contributed by atoms with van der Waals surface area (Å²) in [6.07, 6.45) is 3.59. The predicted octanol–water partition coefficient (Wildman–Crippen LogP) is 3.45. The van der Waals surface area contributed by atoms with Crippen LogP contribution in [-0.4, -0.2) is 11.9 Å². The highest BCUT2D eigenvalue weighted by Crippen LogP contribution is 2.20. The van der Waals surface area contributed by atoms with E-state index in [-0.39, 0.29) is 17.5 Å². The summed E-state index contributed by atoms with van der Waals surface area (Å²) in [5.74, 6) is 0.446. The topological polar surface area (TPSA) is 62.1 Å². The molecule has 2 aromatic rings. The summed E-state index contributed by atoms with van der Waals surface area (Å²) in [5, 5.41) is 12.0. The van der Waals surface area contributed by atoms with Gasteiger partial charge in [-0.1, -0.05) is 42.5 Å². The molecule has 1 amide bonds. The summed E-state index contributed by atoms with van der Waals surface area (Å²) >= 11 is 0. The Morgan fingerprint density at radius 3 is 2.50 bits per heavy atom. The van der Waals surface area contributed by atoms with E-state index in [1.54, 1.807) is 6.08 Å². The van der Waals surface area contributed by atoms with Crippen molar-refractivity contribution >= 4 is 12.0 Å². The van der Waals surface area contributed by atoms with E-state index in [0.29, 0.717) is 6.61 Å². The third-order valence-corrected chi connectivity index (χ3v) is 3.72. The largest absolute Gasteiger partial charge is 0.489 e. The molecular formula is C20H18N2O2. The molecule has 0 saturated heterocycles. The summed E-state index contributed by atoms with van der Waals surface area (Å²) in [6.45, 7) is 0.503. The van der Waals surface area contributed by atoms with E-state index >= 15 is 0 Å². The van der Waals surface area contributed by atoms with Crippen molar-refractivity contribution in [2.24, 2.45) is 0 Å². The first-order chi connectivity index (χ1) is 11.7. The van der Waals surface area contributed by atoms with Gasteiger partial charge in [0.05, 0.1) is 0 Å². The lowest BCUT2D eigenvalue weighted by molar-refractivity contribution is -0.117. The molecule has 24 heavy (non-hydrogen) atoms. The Morgan fingerprint density at radius 1 is 1.17 bits per heavy atom. The van der Waals surface area contributed by atoms with E-state index in [0.717, 1.165) is 29.7 Å². The van der Waals surface area contributed by atoms with Gasteiger partial charge in [0, 0.05) is 6.04 Å². The average molecular weight is 318 g/mol. The molecule has 0 heterocycles. The summed E-state index contributed by atoms with van der Waals surface area (Å²) in [7, 11) is 0. The van der Waals surface area contributed by atoms with E-state index in [1.807, 2.05) is 60.7 Å². The normalized spacial score (nSPS) is 13.9. The lowest BCUT2D eigenvalue weighted by atomic mass is 10.1. The van der Waals surface area contributed by atoms with Gasteiger partial charge in [-0.2, -0.15) is 5.26 Å². The number of benzene rings is 2. The van der Waals surface area contributed by atoms with Gasteiger partial charge < -0.3 is 10.1 Å². The number of nitrogens with one attached hydrogen (secondary N) is 1. The van der Waals surface area contributed by atoms with Crippen LogP contribution in [0.5, 0.6) is 5.75 Å². The summed E-state index contributed by atoms with van der Waals surface area (Å²) in [6, 6.07) is 19.5. The smallest absolute Gasteiger partial charge is 0.262 e. The molecule has 0 spiro atoms. The van der Waals surface area contributed by atoms with Crippen molar-refractivity contribution in [1.29, 1.82) is 5.26 Å². The number of amides is 1. The van der Waals surface area contributed by atoms with Gasteiger partial charge in [-0.25, -0.2) is 0 Å². The molecule has 1 saturated carbocycles. The van der Waals surface area contributed by atoms with Crippen LogP contribution in [0.1, 0.15) is 24.0 Å². The fourth-order valence-corrected chi connectivity index (χ4v) is 2.21. The van der Waals surface area contributed by atoms with Crippen LogP contribution in [0.4, 0.5) is 0 Å². The number of carbonyl (C=O) groups excluding carboxylic acids is 1. The Hall–Kier alpha value is -3.06. The molecule has 0 aliphatic heterocycles. The van der Waals surface area contributed by atoms with Crippen LogP contribution in [0.15, 0.2) is 60.2 Å². The maximum absolute atomic E-state index is 11.9. The van der Waals surface area contributed by atoms with Crippen LogP contribution in [0.3, 0.4) is 0 Å². The molecule has 120 valence electrons. The Kier molecular flexibility index (Phi) is 4.93. The van der Waals surface area contributed by atoms with Gasteiger partial charge in [-0.05, 0) is 42.2 Å². The van der Waals surface area contributed by atoms with E-state index in [1.165, 1.54) is 0 Å². The molecule has 1 aliphatic rings. The first kappa shape index (κ1) is 15.8. The second-order valence-corrected chi connectivity index (χ2v) is 5.76. The molecule has 0 aromatic heterocycles. The number of nitriles is 1. The van der Waals surface area contributed by atoms with Crippen molar-refractivity contribution in [2.75, 3.05) is 0 Å². The van der Waals surface area contributed by atoms with Crippen LogP contribution in [0.25, 0.3) is 6.08 Å². The van der Waals surface area contributed by atoms with Crippen molar-refractivity contribution in [3.05, 3.63) is 71.3 Å². The Morgan fingerprint density at radius 2 is 1.88 bits per heavy atom. The minimum Gasteiger partial charge on any atom is -0.489 e. The molecule has 1 fully saturated rings. The van der Waals surface area contributed by atoms with Crippen molar-refractivity contribution in [2.45, 2.75) is 25.5 Å². The molecule has 1 N–H and O–H groups in total. The second kappa shape index (κ2) is 7.47.